The number of rotatable bonds is 47. The second-order valence-electron chi connectivity index (χ2n) is 18.0. The molecule has 0 aromatic heterocycles. The van der Waals surface area contributed by atoms with E-state index in [1.54, 1.807) is 0 Å². The van der Waals surface area contributed by atoms with Gasteiger partial charge in [-0.2, -0.15) is 0 Å². The Morgan fingerprint density at radius 1 is 0.484 bits per heavy atom. The molecule has 3 N–H and O–H groups in total. The summed E-state index contributed by atoms with van der Waals surface area (Å²) in [6, 6.07) is -0.710. The van der Waals surface area contributed by atoms with E-state index in [2.05, 4.69) is 68.6 Å². The summed E-state index contributed by atoms with van der Waals surface area (Å²) in [5, 5.41) is 23.8. The third-order valence-corrected chi connectivity index (χ3v) is 11.9. The minimum absolute atomic E-state index is 0.0614. The number of hydrogen-bond acceptors (Lipinski definition) is 5. The normalized spacial score (nSPS) is 13.7. The van der Waals surface area contributed by atoms with Crippen molar-refractivity contribution in [3.63, 3.8) is 0 Å². The van der Waals surface area contributed by atoms with E-state index < -0.39 is 18.2 Å². The van der Waals surface area contributed by atoms with Gasteiger partial charge in [0.15, 0.2) is 0 Å². The van der Waals surface area contributed by atoms with Gasteiger partial charge in [-0.05, 0) is 70.6 Å². The molecule has 0 aromatic carbocycles. The van der Waals surface area contributed by atoms with Gasteiger partial charge < -0.3 is 20.3 Å². The van der Waals surface area contributed by atoms with E-state index in [4.69, 9.17) is 4.74 Å². The average Bonchev–Trinajstić information content (AvgIpc) is 3.26. The summed E-state index contributed by atoms with van der Waals surface area (Å²) in [4.78, 5) is 26.2. The van der Waals surface area contributed by atoms with Gasteiger partial charge in [0.2, 0.25) is 5.91 Å². The van der Waals surface area contributed by atoms with Crippen LogP contribution < -0.4 is 5.32 Å². The zero-order valence-electron chi connectivity index (χ0n) is 41.0. The van der Waals surface area contributed by atoms with Crippen LogP contribution in [0.3, 0.4) is 0 Å². The highest BCUT2D eigenvalue weighted by Gasteiger charge is 2.24. The largest absolute Gasteiger partial charge is 0.462 e. The zero-order valence-corrected chi connectivity index (χ0v) is 41.0. The molecule has 0 saturated heterocycles. The molecule has 62 heavy (non-hydrogen) atoms. The molecule has 1 amide bonds. The van der Waals surface area contributed by atoms with E-state index in [9.17, 15) is 19.8 Å². The number of aliphatic hydroxyl groups is 2. The van der Waals surface area contributed by atoms with Crippen molar-refractivity contribution in [3.8, 4) is 0 Å². The molecule has 0 aliphatic rings. The lowest BCUT2D eigenvalue weighted by atomic mass is 10.0. The molecule has 6 heteroatoms. The number of aliphatic hydroxyl groups excluding tert-OH is 2. The van der Waals surface area contributed by atoms with Gasteiger partial charge >= 0.3 is 5.97 Å². The number of ether oxygens (including phenoxy) is 1. The van der Waals surface area contributed by atoms with Crippen LogP contribution >= 0.6 is 0 Å². The summed E-state index contributed by atoms with van der Waals surface area (Å²) in [7, 11) is 0. The highest BCUT2D eigenvalue weighted by atomic mass is 16.5. The van der Waals surface area contributed by atoms with Gasteiger partial charge in [0, 0.05) is 6.42 Å². The number of hydrogen-bond donors (Lipinski definition) is 3. The van der Waals surface area contributed by atoms with Crippen molar-refractivity contribution >= 4 is 11.9 Å². The Kier molecular flexibility index (Phi) is 47.6. The number of carbonyl (C=O) groups excluding carboxylic acids is 2. The van der Waals surface area contributed by atoms with Gasteiger partial charge in [-0.25, -0.2) is 0 Å². The van der Waals surface area contributed by atoms with E-state index >= 15 is 0 Å². The Morgan fingerprint density at radius 2 is 0.887 bits per heavy atom. The molecule has 0 aliphatic heterocycles. The van der Waals surface area contributed by atoms with Crippen LogP contribution in [0.5, 0.6) is 0 Å². The monoisotopic (exact) mass is 868 g/mol. The van der Waals surface area contributed by atoms with Crippen LogP contribution in [0.1, 0.15) is 258 Å². The Hall–Kier alpha value is -2.44. The fourth-order valence-electron chi connectivity index (χ4n) is 7.91. The molecule has 0 heterocycles. The number of amides is 1. The van der Waals surface area contributed by atoms with Gasteiger partial charge in [0.25, 0.3) is 0 Å². The van der Waals surface area contributed by atoms with Crippen LogP contribution in [0.4, 0.5) is 0 Å². The molecule has 0 radical (unpaired) electrons. The predicted molar refractivity (Wildman–Crippen MR) is 268 cm³/mol. The number of allylic oxidation sites excluding steroid dienone is 10. The third kappa shape index (κ3) is 44.2. The smallest absolute Gasteiger partial charge is 0.306 e. The topological polar surface area (TPSA) is 95.9 Å². The maximum Gasteiger partial charge on any atom is 0.306 e. The minimum atomic E-state index is -0.795. The number of nitrogens with one attached hydrogen (secondary N) is 1. The first kappa shape index (κ1) is 59.6. The zero-order chi connectivity index (χ0) is 45.2. The maximum atomic E-state index is 13.2. The molecule has 0 rings (SSSR count). The summed E-state index contributed by atoms with van der Waals surface area (Å²) in [6.45, 7) is 6.34. The lowest BCUT2D eigenvalue weighted by Gasteiger charge is -2.24. The maximum absolute atomic E-state index is 13.2. The lowest BCUT2D eigenvalue weighted by molar-refractivity contribution is -0.151. The van der Waals surface area contributed by atoms with Crippen molar-refractivity contribution in [2.45, 2.75) is 277 Å². The SMILES string of the molecule is CC/C=C/C=C/C=C/C=C\CCCCCCCC(=O)OC(CCCCCCC/C=C\CCCCCC)CC(=O)NC(CO)C(O)CCCCCCCCCCCCCCCCC. The Bertz CT molecular complexity index is 1110. The lowest BCUT2D eigenvalue weighted by Crippen LogP contribution is -2.46. The molecule has 3 unspecified atom stereocenters. The van der Waals surface area contributed by atoms with Gasteiger partial charge in [-0.1, -0.05) is 236 Å². The Labute approximate surface area is 384 Å². The van der Waals surface area contributed by atoms with Crippen molar-refractivity contribution in [1.82, 2.24) is 5.32 Å². The van der Waals surface area contributed by atoms with Crippen LogP contribution in [0, 0.1) is 0 Å². The summed E-state index contributed by atoms with van der Waals surface area (Å²) >= 11 is 0. The molecule has 3 atom stereocenters. The van der Waals surface area contributed by atoms with Crippen molar-refractivity contribution in [2.75, 3.05) is 6.61 Å². The number of esters is 1. The Balaban J connectivity index is 4.59. The molecule has 0 fully saturated rings. The molecule has 0 bridgehead atoms. The van der Waals surface area contributed by atoms with Crippen LogP contribution in [0.25, 0.3) is 0 Å². The minimum Gasteiger partial charge on any atom is -0.462 e. The summed E-state index contributed by atoms with van der Waals surface area (Å²) in [6.07, 6.45) is 61.3. The molecule has 6 nitrogen and oxygen atoms in total. The first-order chi connectivity index (χ1) is 30.5. The highest BCUT2D eigenvalue weighted by Crippen LogP contribution is 2.18. The fraction of sp³-hybridized carbons (Fsp3) is 0.786. The first-order valence-electron chi connectivity index (χ1n) is 26.6. The van der Waals surface area contributed by atoms with Crippen LogP contribution in [-0.4, -0.2) is 46.9 Å². The second-order valence-corrected chi connectivity index (χ2v) is 18.0. The molecular weight excluding hydrogens is 767 g/mol. The third-order valence-electron chi connectivity index (χ3n) is 11.9. The van der Waals surface area contributed by atoms with Gasteiger partial charge in [-0.15, -0.1) is 0 Å². The van der Waals surface area contributed by atoms with Gasteiger partial charge in [0.05, 0.1) is 25.2 Å². The van der Waals surface area contributed by atoms with E-state index in [1.165, 1.54) is 122 Å². The first-order valence-corrected chi connectivity index (χ1v) is 26.6. The van der Waals surface area contributed by atoms with Gasteiger partial charge in [-0.3, -0.25) is 9.59 Å². The van der Waals surface area contributed by atoms with Gasteiger partial charge in [0.1, 0.15) is 6.10 Å². The molecule has 360 valence electrons. The van der Waals surface area contributed by atoms with E-state index in [-0.39, 0.29) is 24.9 Å². The van der Waals surface area contributed by atoms with E-state index in [0.717, 1.165) is 89.9 Å². The Morgan fingerprint density at radius 3 is 1.39 bits per heavy atom. The molecule has 0 aliphatic carbocycles. The van der Waals surface area contributed by atoms with Crippen molar-refractivity contribution in [3.05, 3.63) is 60.8 Å². The van der Waals surface area contributed by atoms with Crippen LogP contribution in [0.2, 0.25) is 0 Å². The second kappa shape index (κ2) is 49.6. The van der Waals surface area contributed by atoms with Crippen molar-refractivity contribution in [1.29, 1.82) is 0 Å². The quantitative estimate of drug-likeness (QED) is 0.0245. The molecular formula is C56H101NO5. The molecule has 0 spiro atoms. The van der Waals surface area contributed by atoms with E-state index in [1.807, 2.05) is 18.2 Å². The highest BCUT2D eigenvalue weighted by molar-refractivity contribution is 5.77. The number of carbonyl (C=O) groups is 2. The summed E-state index contributed by atoms with van der Waals surface area (Å²) < 4.78 is 5.93. The standard InChI is InChI=1S/C56H101NO5/c1-4-7-10-13-16-19-22-25-27-30-33-36-39-42-45-48-54(59)53(51-58)57-55(60)50-52(47-44-41-38-35-32-29-24-21-18-15-12-9-6-3)62-56(61)49-46-43-40-37-34-31-28-26-23-20-17-14-11-8-5-2/h8,11,14,17,20-21,23-24,26,28,52-54,58-59H,4-7,9-10,12-13,15-16,18-19,22,25,27,29-51H2,1-3H3,(H,57,60)/b11-8+,17-14+,23-20+,24-21-,28-26-. The summed E-state index contributed by atoms with van der Waals surface area (Å²) in [5.41, 5.74) is 0. The summed E-state index contributed by atoms with van der Waals surface area (Å²) in [5.74, 6) is -0.505. The predicted octanol–water partition coefficient (Wildman–Crippen LogP) is 16.0. The number of unbranched alkanes of at least 4 members (excludes halogenated alkanes) is 28. The molecule has 0 aromatic rings. The average molecular weight is 868 g/mol. The van der Waals surface area contributed by atoms with Crippen LogP contribution in [-0.2, 0) is 14.3 Å². The fourth-order valence-corrected chi connectivity index (χ4v) is 7.91. The van der Waals surface area contributed by atoms with Crippen molar-refractivity contribution < 1.29 is 24.5 Å². The molecule has 0 saturated carbocycles. The van der Waals surface area contributed by atoms with E-state index in [0.29, 0.717) is 19.3 Å². The van der Waals surface area contributed by atoms with Crippen LogP contribution in [0.15, 0.2) is 60.8 Å². The van der Waals surface area contributed by atoms with Crippen molar-refractivity contribution in [2.24, 2.45) is 0 Å².